The highest BCUT2D eigenvalue weighted by atomic mass is 35.5. The van der Waals surface area contributed by atoms with Crippen molar-refractivity contribution < 1.29 is 9.47 Å². The maximum Gasteiger partial charge on any atom is 0.147 e. The van der Waals surface area contributed by atoms with Gasteiger partial charge in [-0.05, 0) is 31.9 Å². The van der Waals surface area contributed by atoms with Crippen molar-refractivity contribution in [1.82, 2.24) is 9.55 Å². The molecule has 1 aliphatic rings. The SMILES string of the molecule is CCOc1cccc2c1nc(CCl)n2C1CCCOC1. The number of rotatable bonds is 4. The summed E-state index contributed by atoms with van der Waals surface area (Å²) in [5.74, 6) is 2.12. The van der Waals surface area contributed by atoms with Crippen LogP contribution in [0.25, 0.3) is 11.0 Å². The molecule has 1 aliphatic heterocycles. The van der Waals surface area contributed by atoms with Crippen LogP contribution in [0.1, 0.15) is 31.6 Å². The normalized spacial score (nSPS) is 19.4. The van der Waals surface area contributed by atoms with E-state index in [2.05, 4.69) is 15.6 Å². The summed E-state index contributed by atoms with van der Waals surface area (Å²) in [6.07, 6.45) is 2.19. The lowest BCUT2D eigenvalue weighted by atomic mass is 10.1. The lowest BCUT2D eigenvalue weighted by Gasteiger charge is -2.25. The standard InChI is InChI=1S/C15H19ClN2O2/c1-2-20-13-7-3-6-12-15(13)17-14(9-16)18(12)11-5-4-8-19-10-11/h3,6-7,11H,2,4-5,8-10H2,1H3. The smallest absolute Gasteiger partial charge is 0.147 e. The Morgan fingerprint density at radius 3 is 3.10 bits per heavy atom. The molecule has 1 aromatic carbocycles. The lowest BCUT2D eigenvalue weighted by molar-refractivity contribution is 0.0597. The number of halogens is 1. The van der Waals surface area contributed by atoms with E-state index in [1.54, 1.807) is 0 Å². The molecule has 0 bridgehead atoms. The van der Waals surface area contributed by atoms with Crippen LogP contribution in [0.4, 0.5) is 0 Å². The molecule has 5 heteroatoms. The van der Waals surface area contributed by atoms with E-state index in [0.717, 1.165) is 48.7 Å². The van der Waals surface area contributed by atoms with E-state index in [1.165, 1.54) is 0 Å². The first-order valence-corrected chi connectivity index (χ1v) is 7.65. The number of ether oxygens (including phenoxy) is 2. The van der Waals surface area contributed by atoms with Gasteiger partial charge in [0.15, 0.2) is 0 Å². The van der Waals surface area contributed by atoms with Gasteiger partial charge in [0.2, 0.25) is 0 Å². The zero-order valence-corrected chi connectivity index (χ0v) is 12.4. The van der Waals surface area contributed by atoms with Crippen molar-refractivity contribution in [3.05, 3.63) is 24.0 Å². The zero-order chi connectivity index (χ0) is 13.9. The topological polar surface area (TPSA) is 36.3 Å². The second-order valence-corrected chi connectivity index (χ2v) is 5.23. The third-order valence-electron chi connectivity index (χ3n) is 3.68. The quantitative estimate of drug-likeness (QED) is 0.810. The van der Waals surface area contributed by atoms with Crippen LogP contribution in [-0.4, -0.2) is 29.4 Å². The summed E-state index contributed by atoms with van der Waals surface area (Å²) in [5, 5.41) is 0. The summed E-state index contributed by atoms with van der Waals surface area (Å²) < 4.78 is 13.5. The maximum absolute atomic E-state index is 6.09. The molecular weight excluding hydrogens is 276 g/mol. The highest BCUT2D eigenvalue weighted by molar-refractivity contribution is 6.16. The summed E-state index contributed by atoms with van der Waals surface area (Å²) in [4.78, 5) is 4.68. The molecule has 4 nitrogen and oxygen atoms in total. The average Bonchev–Trinajstić information content (AvgIpc) is 2.88. The second kappa shape index (κ2) is 6.02. The Kier molecular flexibility index (Phi) is 4.13. The fourth-order valence-corrected chi connectivity index (χ4v) is 3.03. The Morgan fingerprint density at radius 2 is 2.40 bits per heavy atom. The molecule has 3 rings (SSSR count). The maximum atomic E-state index is 6.09. The largest absolute Gasteiger partial charge is 0.492 e. The fourth-order valence-electron chi connectivity index (χ4n) is 2.84. The van der Waals surface area contributed by atoms with Crippen molar-refractivity contribution >= 4 is 22.6 Å². The van der Waals surface area contributed by atoms with E-state index < -0.39 is 0 Å². The Hall–Kier alpha value is -1.26. The number of fused-ring (bicyclic) bond motifs is 1. The molecule has 2 aromatic rings. The Balaban J connectivity index is 2.11. The van der Waals surface area contributed by atoms with E-state index in [-0.39, 0.29) is 0 Å². The van der Waals surface area contributed by atoms with Gasteiger partial charge in [0.25, 0.3) is 0 Å². The summed E-state index contributed by atoms with van der Waals surface area (Å²) in [5.41, 5.74) is 1.98. The van der Waals surface area contributed by atoms with Crippen molar-refractivity contribution in [3.8, 4) is 5.75 Å². The molecule has 0 N–H and O–H groups in total. The number of imidazole rings is 1. The van der Waals surface area contributed by atoms with E-state index in [1.807, 2.05) is 19.1 Å². The minimum absolute atomic E-state index is 0.319. The number of aromatic nitrogens is 2. The van der Waals surface area contributed by atoms with Crippen LogP contribution in [0, 0.1) is 0 Å². The highest BCUT2D eigenvalue weighted by Gasteiger charge is 2.22. The first kappa shape index (κ1) is 13.7. The zero-order valence-electron chi connectivity index (χ0n) is 11.6. The van der Waals surface area contributed by atoms with E-state index in [0.29, 0.717) is 18.5 Å². The molecule has 0 amide bonds. The molecule has 0 saturated carbocycles. The van der Waals surface area contributed by atoms with Crippen molar-refractivity contribution in [2.45, 2.75) is 31.7 Å². The van der Waals surface area contributed by atoms with E-state index >= 15 is 0 Å². The van der Waals surface area contributed by atoms with E-state index in [4.69, 9.17) is 21.1 Å². The van der Waals surface area contributed by atoms with Gasteiger partial charge in [0, 0.05) is 6.61 Å². The van der Waals surface area contributed by atoms with Gasteiger partial charge in [-0.25, -0.2) is 4.98 Å². The van der Waals surface area contributed by atoms with E-state index in [9.17, 15) is 0 Å². The summed E-state index contributed by atoms with van der Waals surface area (Å²) >= 11 is 6.09. The second-order valence-electron chi connectivity index (χ2n) is 4.96. The third kappa shape index (κ3) is 2.38. The first-order valence-electron chi connectivity index (χ1n) is 7.11. The van der Waals surface area contributed by atoms with Crippen LogP contribution in [0.2, 0.25) is 0 Å². The van der Waals surface area contributed by atoms with Crippen molar-refractivity contribution in [3.63, 3.8) is 0 Å². The van der Waals surface area contributed by atoms with Gasteiger partial charge >= 0.3 is 0 Å². The van der Waals surface area contributed by atoms with Gasteiger partial charge in [0.1, 0.15) is 17.1 Å². The Morgan fingerprint density at radius 1 is 1.50 bits per heavy atom. The van der Waals surface area contributed by atoms with Gasteiger partial charge in [-0.1, -0.05) is 6.07 Å². The van der Waals surface area contributed by atoms with Gasteiger partial charge in [-0.2, -0.15) is 0 Å². The fraction of sp³-hybridized carbons (Fsp3) is 0.533. The van der Waals surface area contributed by atoms with Crippen LogP contribution in [0.5, 0.6) is 5.75 Å². The minimum atomic E-state index is 0.319. The Bertz CT molecular complexity index is 591. The summed E-state index contributed by atoms with van der Waals surface area (Å²) in [7, 11) is 0. The molecule has 0 aliphatic carbocycles. The van der Waals surface area contributed by atoms with Crippen molar-refractivity contribution in [1.29, 1.82) is 0 Å². The van der Waals surface area contributed by atoms with Gasteiger partial charge in [-0.3, -0.25) is 0 Å². The summed E-state index contributed by atoms with van der Waals surface area (Å²) in [6, 6.07) is 6.36. The van der Waals surface area contributed by atoms with Gasteiger partial charge in [-0.15, -0.1) is 11.6 Å². The number of benzene rings is 1. The number of para-hydroxylation sites is 1. The molecule has 2 heterocycles. The van der Waals surface area contributed by atoms with Crippen LogP contribution in [0.15, 0.2) is 18.2 Å². The number of nitrogens with zero attached hydrogens (tertiary/aromatic N) is 2. The van der Waals surface area contributed by atoms with Gasteiger partial charge < -0.3 is 14.0 Å². The molecule has 108 valence electrons. The van der Waals surface area contributed by atoms with Crippen molar-refractivity contribution in [2.75, 3.05) is 19.8 Å². The number of hydrogen-bond donors (Lipinski definition) is 0. The Labute approximate surface area is 123 Å². The highest BCUT2D eigenvalue weighted by Crippen LogP contribution is 2.32. The summed E-state index contributed by atoms with van der Waals surface area (Å²) in [6.45, 7) is 4.19. The molecule has 1 unspecified atom stereocenters. The molecule has 0 radical (unpaired) electrons. The number of alkyl halides is 1. The third-order valence-corrected chi connectivity index (χ3v) is 3.92. The molecule has 1 aromatic heterocycles. The lowest BCUT2D eigenvalue weighted by Crippen LogP contribution is -2.22. The van der Waals surface area contributed by atoms with Crippen LogP contribution < -0.4 is 4.74 Å². The predicted molar refractivity (Wildman–Crippen MR) is 79.5 cm³/mol. The van der Waals surface area contributed by atoms with Crippen LogP contribution >= 0.6 is 11.6 Å². The van der Waals surface area contributed by atoms with Crippen LogP contribution in [-0.2, 0) is 10.6 Å². The molecule has 20 heavy (non-hydrogen) atoms. The van der Waals surface area contributed by atoms with Crippen molar-refractivity contribution in [2.24, 2.45) is 0 Å². The average molecular weight is 295 g/mol. The molecule has 1 atom stereocenters. The number of hydrogen-bond acceptors (Lipinski definition) is 3. The predicted octanol–water partition coefficient (Wildman–Crippen LogP) is 3.53. The van der Waals surface area contributed by atoms with Crippen LogP contribution in [0.3, 0.4) is 0 Å². The molecule has 1 fully saturated rings. The monoisotopic (exact) mass is 294 g/mol. The molecule has 0 spiro atoms. The first-order chi connectivity index (χ1) is 9.85. The minimum Gasteiger partial charge on any atom is -0.492 e. The van der Waals surface area contributed by atoms with Gasteiger partial charge in [0.05, 0.1) is 30.7 Å². The molecular formula is C15H19ClN2O2. The molecule has 1 saturated heterocycles.